The molecule has 4 aromatic rings. The van der Waals surface area contributed by atoms with E-state index in [0.717, 1.165) is 34.7 Å². The van der Waals surface area contributed by atoms with Crippen LogP contribution in [0.25, 0.3) is 10.6 Å². The summed E-state index contributed by atoms with van der Waals surface area (Å²) in [6.07, 6.45) is -0.825. The Morgan fingerprint density at radius 2 is 1.45 bits per heavy atom. The smallest absolute Gasteiger partial charge is 0.412 e. The number of rotatable bonds is 14. The van der Waals surface area contributed by atoms with Crippen LogP contribution in [0.2, 0.25) is 5.04 Å². The third-order valence-electron chi connectivity index (χ3n) is 8.35. The van der Waals surface area contributed by atoms with Gasteiger partial charge in [0.2, 0.25) is 5.91 Å². The van der Waals surface area contributed by atoms with Crippen molar-refractivity contribution in [3.63, 3.8) is 0 Å². The number of benzene rings is 3. The number of ether oxygens (including phenoxy) is 3. The van der Waals surface area contributed by atoms with E-state index in [1.54, 1.807) is 20.8 Å². The fourth-order valence-electron chi connectivity index (χ4n) is 5.84. The van der Waals surface area contributed by atoms with Gasteiger partial charge >= 0.3 is 18.0 Å². The minimum atomic E-state index is -3.15. The Hall–Kier alpha value is -5.45. The molecular weight excluding hydrogens is 760 g/mol. The standard InChI is InChI=1S/C40H47FN4O9SSi/c1-25(46)52-22-31(42-35(48)33-24-55-36(44-33)26-19-20-30(29(41)21-26)45-38(50)54-39(2,3)4)34(47)43-32(37(49)51-8)23-53-56(40(5,6)7,27-15-11-9-12-16-27)28-17-13-10-14-18-28/h9-21,24,31-32H,22-23H2,1-8H3,(H,42,48)(H,43,47)(H,45,50). The monoisotopic (exact) mass is 806 g/mol. The molecule has 2 atom stereocenters. The van der Waals surface area contributed by atoms with Gasteiger partial charge in [0.05, 0.1) is 19.4 Å². The fraction of sp³-hybridized carbons (Fsp3) is 0.350. The molecule has 16 heteroatoms. The van der Waals surface area contributed by atoms with E-state index in [1.807, 2.05) is 60.7 Å². The van der Waals surface area contributed by atoms with Crippen molar-refractivity contribution in [2.24, 2.45) is 0 Å². The first-order valence-electron chi connectivity index (χ1n) is 17.7. The van der Waals surface area contributed by atoms with E-state index in [4.69, 9.17) is 18.6 Å². The number of nitrogens with zero attached hydrogens (tertiary/aromatic N) is 1. The first kappa shape index (κ1) is 43.3. The maximum Gasteiger partial charge on any atom is 0.412 e. The third kappa shape index (κ3) is 11.1. The highest BCUT2D eigenvalue weighted by molar-refractivity contribution is 7.13. The Kier molecular flexibility index (Phi) is 14.3. The molecule has 0 bridgehead atoms. The number of amides is 3. The molecule has 3 aromatic carbocycles. The second-order valence-electron chi connectivity index (χ2n) is 14.7. The molecule has 0 spiro atoms. The summed E-state index contributed by atoms with van der Waals surface area (Å²) in [5, 5.41) is 10.6. The summed E-state index contributed by atoms with van der Waals surface area (Å²) in [7, 11) is -1.97. The van der Waals surface area contributed by atoms with E-state index in [0.29, 0.717) is 5.56 Å². The number of halogens is 1. The quantitative estimate of drug-likeness (QED) is 0.0876. The van der Waals surface area contributed by atoms with E-state index in [2.05, 4.69) is 41.7 Å². The molecular formula is C40H47FN4O9SSi. The third-order valence-corrected chi connectivity index (χ3v) is 14.2. The van der Waals surface area contributed by atoms with Gasteiger partial charge in [-0.1, -0.05) is 81.4 Å². The number of aromatic nitrogens is 1. The average Bonchev–Trinajstić information content (AvgIpc) is 3.64. The first-order chi connectivity index (χ1) is 26.3. The molecule has 1 aromatic heterocycles. The zero-order valence-corrected chi connectivity index (χ0v) is 34.4. The normalized spacial score (nSPS) is 12.8. The largest absolute Gasteiger partial charge is 0.467 e. The van der Waals surface area contributed by atoms with Gasteiger partial charge in [-0.05, 0) is 54.4 Å². The van der Waals surface area contributed by atoms with E-state index < -0.39 is 73.3 Å². The van der Waals surface area contributed by atoms with Crippen LogP contribution in [-0.2, 0) is 33.0 Å². The first-order valence-corrected chi connectivity index (χ1v) is 20.5. The number of hydrogen-bond acceptors (Lipinski definition) is 11. The van der Waals surface area contributed by atoms with Crippen LogP contribution in [0.15, 0.2) is 84.2 Å². The lowest BCUT2D eigenvalue weighted by atomic mass is 10.2. The summed E-state index contributed by atoms with van der Waals surface area (Å²) < 4.78 is 37.1. The molecule has 0 aliphatic rings. The summed E-state index contributed by atoms with van der Waals surface area (Å²) in [6.45, 7) is 11.5. The molecule has 0 aliphatic carbocycles. The van der Waals surface area contributed by atoms with Crippen LogP contribution in [0, 0.1) is 5.82 Å². The van der Waals surface area contributed by atoms with Gasteiger partial charge in [0.15, 0.2) is 0 Å². The van der Waals surface area contributed by atoms with Crippen LogP contribution >= 0.6 is 11.3 Å². The molecule has 1 heterocycles. The Balaban J connectivity index is 1.54. The van der Waals surface area contributed by atoms with Crippen molar-refractivity contribution in [3.8, 4) is 10.6 Å². The van der Waals surface area contributed by atoms with Crippen molar-refractivity contribution in [2.45, 2.75) is 71.2 Å². The minimum Gasteiger partial charge on any atom is -0.467 e. The topological polar surface area (TPSA) is 171 Å². The van der Waals surface area contributed by atoms with Crippen LogP contribution in [0.5, 0.6) is 0 Å². The highest BCUT2D eigenvalue weighted by atomic mass is 32.1. The molecule has 0 radical (unpaired) electrons. The highest BCUT2D eigenvalue weighted by Crippen LogP contribution is 2.37. The summed E-state index contributed by atoms with van der Waals surface area (Å²) in [5.74, 6) is -3.92. The molecule has 13 nitrogen and oxygen atoms in total. The van der Waals surface area contributed by atoms with E-state index in [9.17, 15) is 28.4 Å². The molecule has 0 aliphatic heterocycles. The number of anilines is 1. The molecule has 2 unspecified atom stereocenters. The van der Waals surface area contributed by atoms with Crippen LogP contribution in [0.1, 0.15) is 59.0 Å². The van der Waals surface area contributed by atoms with Gasteiger partial charge in [0.25, 0.3) is 14.2 Å². The molecule has 0 saturated heterocycles. The lowest BCUT2D eigenvalue weighted by Crippen LogP contribution is -2.68. The van der Waals surface area contributed by atoms with Gasteiger partial charge in [-0.25, -0.2) is 19.0 Å². The number of carbonyl (C=O) groups is 5. The molecule has 0 saturated carbocycles. The molecule has 298 valence electrons. The zero-order valence-electron chi connectivity index (χ0n) is 32.6. The minimum absolute atomic E-state index is 0.110. The van der Waals surface area contributed by atoms with Crippen LogP contribution in [-0.4, -0.2) is 81.2 Å². The van der Waals surface area contributed by atoms with Crippen LogP contribution in [0.3, 0.4) is 0 Å². The molecule has 4 rings (SSSR count). The van der Waals surface area contributed by atoms with Crippen LogP contribution < -0.4 is 26.3 Å². The molecule has 3 amide bonds. The maximum absolute atomic E-state index is 14.9. The summed E-state index contributed by atoms with van der Waals surface area (Å²) in [6, 6.07) is 20.6. The highest BCUT2D eigenvalue weighted by Gasteiger charge is 2.51. The fourth-order valence-corrected chi connectivity index (χ4v) is 11.2. The zero-order chi connectivity index (χ0) is 41.3. The second-order valence-corrected chi connectivity index (χ2v) is 19.9. The lowest BCUT2D eigenvalue weighted by Gasteiger charge is -2.43. The molecule has 56 heavy (non-hydrogen) atoms. The van der Waals surface area contributed by atoms with E-state index in [-0.39, 0.29) is 23.0 Å². The maximum atomic E-state index is 14.9. The predicted molar refractivity (Wildman–Crippen MR) is 213 cm³/mol. The summed E-state index contributed by atoms with van der Waals surface area (Å²) >= 11 is 1.04. The van der Waals surface area contributed by atoms with Crippen molar-refractivity contribution in [3.05, 3.63) is 95.8 Å². The summed E-state index contributed by atoms with van der Waals surface area (Å²) in [4.78, 5) is 68.6. The number of esters is 2. The second kappa shape index (κ2) is 18.5. The number of thiazole rings is 1. The van der Waals surface area contributed by atoms with E-state index >= 15 is 0 Å². The number of hydrogen-bond donors (Lipinski definition) is 3. The van der Waals surface area contributed by atoms with E-state index in [1.165, 1.54) is 24.6 Å². The van der Waals surface area contributed by atoms with Gasteiger partial charge in [-0.3, -0.25) is 19.7 Å². The number of nitrogens with one attached hydrogen (secondary N) is 3. The van der Waals surface area contributed by atoms with Crippen molar-refractivity contribution in [2.75, 3.05) is 25.6 Å². The van der Waals surface area contributed by atoms with Crippen molar-refractivity contribution < 1.29 is 47.0 Å². The van der Waals surface area contributed by atoms with Crippen LogP contribution in [0.4, 0.5) is 14.9 Å². The van der Waals surface area contributed by atoms with Crippen molar-refractivity contribution in [1.29, 1.82) is 0 Å². The number of methoxy groups -OCH3 is 1. The van der Waals surface area contributed by atoms with Gasteiger partial charge in [-0.2, -0.15) is 0 Å². The lowest BCUT2D eigenvalue weighted by molar-refractivity contribution is -0.148. The van der Waals surface area contributed by atoms with Gasteiger partial charge in [-0.15, -0.1) is 11.3 Å². The van der Waals surface area contributed by atoms with Crippen molar-refractivity contribution in [1.82, 2.24) is 15.6 Å². The predicted octanol–water partition coefficient (Wildman–Crippen LogP) is 5.19. The van der Waals surface area contributed by atoms with Gasteiger partial charge in [0, 0.05) is 17.9 Å². The van der Waals surface area contributed by atoms with Crippen molar-refractivity contribution >= 4 is 65.6 Å². The SMILES string of the molecule is COC(=O)C(CO[Si](c1ccccc1)(c1ccccc1)C(C)(C)C)NC(=O)C(COC(C)=O)NC(=O)c1csc(-c2ccc(NC(=O)OC(C)(C)C)c(F)c2)n1. The Morgan fingerprint density at radius 1 is 0.839 bits per heavy atom. The Bertz CT molecular complexity index is 1980. The molecule has 0 fully saturated rings. The van der Waals surface area contributed by atoms with Gasteiger partial charge in [0.1, 0.15) is 40.8 Å². The Morgan fingerprint density at radius 3 is 1.96 bits per heavy atom. The Labute approximate surface area is 330 Å². The summed E-state index contributed by atoms with van der Waals surface area (Å²) in [5.41, 5.74) is -0.683. The number of carbonyl (C=O) groups excluding carboxylic acids is 5. The molecule has 3 N–H and O–H groups in total. The van der Waals surface area contributed by atoms with Gasteiger partial charge < -0.3 is 29.3 Å². The average molecular weight is 807 g/mol.